The van der Waals surface area contributed by atoms with E-state index >= 15 is 0 Å². The van der Waals surface area contributed by atoms with Crippen molar-refractivity contribution in [3.63, 3.8) is 0 Å². The average molecular weight is 339 g/mol. The summed E-state index contributed by atoms with van der Waals surface area (Å²) in [5.74, 6) is 0.198. The lowest BCUT2D eigenvalue weighted by Gasteiger charge is -2.19. The largest absolute Gasteiger partial charge is 0.361 e. The third kappa shape index (κ3) is 3.06. The van der Waals surface area contributed by atoms with Gasteiger partial charge in [0.2, 0.25) is 0 Å². The van der Waals surface area contributed by atoms with Gasteiger partial charge in [-0.05, 0) is 29.7 Å². The molecule has 0 saturated carbocycles. The highest BCUT2D eigenvalue weighted by atomic mass is 16.1. The molecule has 1 atom stereocenters. The van der Waals surface area contributed by atoms with Crippen LogP contribution >= 0.6 is 0 Å². The van der Waals surface area contributed by atoms with Crippen molar-refractivity contribution in [3.8, 4) is 0 Å². The number of hydrogen-bond donors (Lipinski definition) is 1. The van der Waals surface area contributed by atoms with Crippen molar-refractivity contribution in [2.75, 3.05) is 0 Å². The van der Waals surface area contributed by atoms with E-state index in [0.717, 1.165) is 11.1 Å². The van der Waals surface area contributed by atoms with Gasteiger partial charge in [-0.25, -0.2) is 0 Å². The van der Waals surface area contributed by atoms with Gasteiger partial charge in [0.1, 0.15) is 0 Å². The Morgan fingerprint density at radius 2 is 1.54 bits per heavy atom. The molecule has 0 bridgehead atoms. The number of carbonyl (C=O) groups is 1. The van der Waals surface area contributed by atoms with E-state index in [1.165, 1.54) is 22.1 Å². The van der Waals surface area contributed by atoms with E-state index in [-0.39, 0.29) is 11.7 Å². The molecule has 0 aliphatic rings. The molecule has 1 heterocycles. The Labute approximate surface area is 153 Å². The molecule has 26 heavy (non-hydrogen) atoms. The second-order valence-corrected chi connectivity index (χ2v) is 6.69. The van der Waals surface area contributed by atoms with E-state index < -0.39 is 0 Å². The first-order valence-corrected chi connectivity index (χ1v) is 8.94. The quantitative estimate of drug-likeness (QED) is 0.452. The van der Waals surface area contributed by atoms with Crippen molar-refractivity contribution in [2.24, 2.45) is 0 Å². The van der Waals surface area contributed by atoms with Crippen molar-refractivity contribution in [1.82, 2.24) is 4.98 Å². The van der Waals surface area contributed by atoms with Crippen molar-refractivity contribution < 1.29 is 4.79 Å². The van der Waals surface area contributed by atoms with Gasteiger partial charge in [0.25, 0.3) is 0 Å². The van der Waals surface area contributed by atoms with Gasteiger partial charge < -0.3 is 4.98 Å². The first-order chi connectivity index (χ1) is 12.7. The van der Waals surface area contributed by atoms with Gasteiger partial charge in [0.15, 0.2) is 5.78 Å². The topological polar surface area (TPSA) is 32.9 Å². The van der Waals surface area contributed by atoms with Gasteiger partial charge in [-0.2, -0.15) is 0 Å². The molecule has 4 aromatic rings. The van der Waals surface area contributed by atoms with Crippen LogP contribution in [0.25, 0.3) is 10.9 Å². The lowest BCUT2D eigenvalue weighted by atomic mass is 9.83. The summed E-state index contributed by atoms with van der Waals surface area (Å²) in [4.78, 5) is 16.3. The number of carbonyl (C=O) groups excluding carboxylic acids is 1. The smallest absolute Gasteiger partial charge is 0.163 e. The fraction of sp³-hybridized carbons (Fsp3) is 0.125. The zero-order valence-electron chi connectivity index (χ0n) is 14.8. The fourth-order valence-electron chi connectivity index (χ4n) is 3.67. The number of para-hydroxylation sites is 1. The highest BCUT2D eigenvalue weighted by Gasteiger charge is 2.23. The Morgan fingerprint density at radius 3 is 2.35 bits per heavy atom. The van der Waals surface area contributed by atoms with E-state index in [2.05, 4.69) is 48.4 Å². The molecule has 0 fully saturated rings. The summed E-state index contributed by atoms with van der Waals surface area (Å²) in [5.41, 5.74) is 5.48. The molecule has 1 unspecified atom stereocenters. The van der Waals surface area contributed by atoms with Crippen LogP contribution in [0.4, 0.5) is 0 Å². The molecule has 1 aromatic heterocycles. The first-order valence-electron chi connectivity index (χ1n) is 8.94. The van der Waals surface area contributed by atoms with Crippen LogP contribution in [-0.4, -0.2) is 10.8 Å². The summed E-state index contributed by atoms with van der Waals surface area (Å²) in [7, 11) is 0. The summed E-state index contributed by atoms with van der Waals surface area (Å²) in [5, 5.41) is 1.18. The fourth-order valence-corrected chi connectivity index (χ4v) is 3.67. The number of hydrogen-bond acceptors (Lipinski definition) is 1. The Hall–Kier alpha value is -3.13. The minimum absolute atomic E-state index is 0.0278. The normalized spacial score (nSPS) is 12.2. The maximum absolute atomic E-state index is 13.0. The molecule has 0 saturated heterocycles. The Kier molecular flexibility index (Phi) is 4.40. The number of H-pyrrole nitrogens is 1. The lowest BCUT2D eigenvalue weighted by molar-refractivity contribution is 0.0978. The second-order valence-electron chi connectivity index (χ2n) is 6.69. The molecular weight excluding hydrogens is 318 g/mol. The van der Waals surface area contributed by atoms with Crippen LogP contribution < -0.4 is 0 Å². The molecule has 128 valence electrons. The Bertz CT molecular complexity index is 1050. The van der Waals surface area contributed by atoms with Crippen LogP contribution in [0.5, 0.6) is 0 Å². The zero-order chi connectivity index (χ0) is 17.9. The minimum Gasteiger partial charge on any atom is -0.361 e. The highest BCUT2D eigenvalue weighted by molar-refractivity contribution is 5.97. The van der Waals surface area contributed by atoms with Crippen LogP contribution in [0.3, 0.4) is 0 Å². The average Bonchev–Trinajstić information content (AvgIpc) is 3.11. The summed E-state index contributed by atoms with van der Waals surface area (Å²) in [6.45, 7) is 2.12. The Morgan fingerprint density at radius 1 is 0.846 bits per heavy atom. The number of benzene rings is 3. The molecule has 0 radical (unpaired) electrons. The Balaban J connectivity index is 1.80. The SMILES string of the molecule is Cc1ccccc1C(CC(=O)c1ccccc1)c1c[nH]c2ccccc12. The molecule has 3 aromatic carbocycles. The van der Waals surface area contributed by atoms with Crippen molar-refractivity contribution in [1.29, 1.82) is 0 Å². The molecule has 2 heteroatoms. The van der Waals surface area contributed by atoms with E-state index in [9.17, 15) is 4.79 Å². The van der Waals surface area contributed by atoms with Crippen LogP contribution in [0.15, 0.2) is 85.1 Å². The molecule has 1 N–H and O–H groups in total. The van der Waals surface area contributed by atoms with Crippen molar-refractivity contribution >= 4 is 16.7 Å². The number of aryl methyl sites for hydroxylation is 1. The second kappa shape index (κ2) is 7.01. The van der Waals surface area contributed by atoms with Crippen LogP contribution in [0.2, 0.25) is 0 Å². The maximum atomic E-state index is 13.0. The molecule has 2 nitrogen and oxygen atoms in total. The summed E-state index contributed by atoms with van der Waals surface area (Å²) < 4.78 is 0. The number of nitrogens with one attached hydrogen (secondary N) is 1. The van der Waals surface area contributed by atoms with Crippen LogP contribution in [0, 0.1) is 6.92 Å². The van der Waals surface area contributed by atoms with Crippen molar-refractivity contribution in [3.05, 3.63) is 107 Å². The van der Waals surface area contributed by atoms with Crippen molar-refractivity contribution in [2.45, 2.75) is 19.3 Å². The van der Waals surface area contributed by atoms with E-state index in [0.29, 0.717) is 6.42 Å². The monoisotopic (exact) mass is 339 g/mol. The summed E-state index contributed by atoms with van der Waals surface area (Å²) in [6, 6.07) is 26.2. The number of aromatic nitrogens is 1. The van der Waals surface area contributed by atoms with Crippen LogP contribution in [-0.2, 0) is 0 Å². The number of fused-ring (bicyclic) bond motifs is 1. The molecule has 4 rings (SSSR count). The van der Waals surface area contributed by atoms with E-state index in [4.69, 9.17) is 0 Å². The molecular formula is C24H21NO. The van der Waals surface area contributed by atoms with Gasteiger partial charge in [0.05, 0.1) is 0 Å². The summed E-state index contributed by atoms with van der Waals surface area (Å²) in [6.07, 6.45) is 2.51. The summed E-state index contributed by atoms with van der Waals surface area (Å²) >= 11 is 0. The maximum Gasteiger partial charge on any atom is 0.163 e. The lowest BCUT2D eigenvalue weighted by Crippen LogP contribution is -2.10. The first kappa shape index (κ1) is 16.3. The molecule has 0 aliphatic carbocycles. The minimum atomic E-state index is 0.0278. The predicted molar refractivity (Wildman–Crippen MR) is 107 cm³/mol. The number of ketones is 1. The number of rotatable bonds is 5. The number of aromatic amines is 1. The van der Waals surface area contributed by atoms with Gasteiger partial charge in [-0.3, -0.25) is 4.79 Å². The third-order valence-electron chi connectivity index (χ3n) is 5.05. The third-order valence-corrected chi connectivity index (χ3v) is 5.05. The van der Waals surface area contributed by atoms with Gasteiger partial charge in [0, 0.05) is 35.0 Å². The standard InChI is InChI=1S/C24H21NO/c1-17-9-5-6-12-19(17)21(15-24(26)18-10-3-2-4-11-18)22-16-25-23-14-8-7-13-20(22)23/h2-14,16,21,25H,15H2,1H3. The highest BCUT2D eigenvalue weighted by Crippen LogP contribution is 2.35. The zero-order valence-corrected chi connectivity index (χ0v) is 14.8. The van der Waals surface area contributed by atoms with Crippen LogP contribution in [0.1, 0.15) is 39.4 Å². The van der Waals surface area contributed by atoms with Gasteiger partial charge in [-0.1, -0.05) is 72.8 Å². The van der Waals surface area contributed by atoms with Gasteiger partial charge >= 0.3 is 0 Å². The van der Waals surface area contributed by atoms with Gasteiger partial charge in [-0.15, -0.1) is 0 Å². The molecule has 0 spiro atoms. The molecule has 0 amide bonds. The molecule has 0 aliphatic heterocycles. The number of Topliss-reactive ketones (excluding diaryl/α,β-unsaturated/α-hetero) is 1. The predicted octanol–water partition coefficient (Wildman–Crippen LogP) is 5.88. The van der Waals surface area contributed by atoms with E-state index in [1.54, 1.807) is 0 Å². The van der Waals surface area contributed by atoms with E-state index in [1.807, 2.05) is 48.5 Å².